The topological polar surface area (TPSA) is 43.4 Å². The van der Waals surface area contributed by atoms with Crippen LogP contribution in [0.4, 0.5) is 0 Å². The molecule has 0 spiro atoms. The number of carbonyl (C=O) groups is 1. The van der Waals surface area contributed by atoms with E-state index in [1.54, 1.807) is 0 Å². The van der Waals surface area contributed by atoms with Gasteiger partial charge in [0.2, 0.25) is 0 Å². The van der Waals surface area contributed by atoms with E-state index >= 15 is 0 Å². The largest absolute Gasteiger partial charge is 0.321 e. The number of hydrogen-bond donors (Lipinski definition) is 0. The molecule has 0 saturated heterocycles. The molecule has 4 heteroatoms. The molecule has 0 amide bonds. The van der Waals surface area contributed by atoms with Crippen LogP contribution in [-0.4, -0.2) is 25.7 Å². The van der Waals surface area contributed by atoms with Crippen molar-refractivity contribution in [3.8, 4) is 0 Å². The Hall–Kier alpha value is -0.140. The molecule has 0 unspecified atom stereocenters. The summed E-state index contributed by atoms with van der Waals surface area (Å²) in [7, 11) is -2.50. The quantitative estimate of drug-likeness (QED) is 0.669. The zero-order valence-corrected chi connectivity index (χ0v) is 10.7. The maximum absolute atomic E-state index is 11.3. The molecule has 0 aliphatic heterocycles. The van der Waals surface area contributed by atoms with Crippen LogP contribution in [0, 0.1) is 5.41 Å². The molecule has 0 fully saturated rings. The van der Waals surface area contributed by atoms with Gasteiger partial charge in [0.1, 0.15) is 6.61 Å². The van der Waals surface area contributed by atoms with Crippen LogP contribution in [0.5, 0.6) is 0 Å². The SMILES string of the molecule is CC(C)(C)CCC(=O)COP(C)(C)=O. The van der Waals surface area contributed by atoms with E-state index in [1.165, 1.54) is 13.3 Å². The van der Waals surface area contributed by atoms with E-state index in [0.29, 0.717) is 6.42 Å². The molecule has 0 aliphatic rings. The minimum absolute atomic E-state index is 0.0135. The average molecular weight is 220 g/mol. The van der Waals surface area contributed by atoms with Gasteiger partial charge in [0.25, 0.3) is 0 Å². The lowest BCUT2D eigenvalue weighted by atomic mass is 9.90. The highest BCUT2D eigenvalue weighted by Gasteiger charge is 2.15. The Kier molecular flexibility index (Phi) is 5.03. The molecule has 0 saturated carbocycles. The number of rotatable bonds is 5. The van der Waals surface area contributed by atoms with Gasteiger partial charge in [-0.1, -0.05) is 20.8 Å². The van der Waals surface area contributed by atoms with Crippen molar-refractivity contribution in [2.45, 2.75) is 33.6 Å². The maximum Gasteiger partial charge on any atom is 0.197 e. The number of ketones is 1. The average Bonchev–Trinajstić information content (AvgIpc) is 1.94. The van der Waals surface area contributed by atoms with E-state index in [-0.39, 0.29) is 17.8 Å². The van der Waals surface area contributed by atoms with E-state index in [4.69, 9.17) is 4.52 Å². The fraction of sp³-hybridized carbons (Fsp3) is 0.900. The molecule has 0 radical (unpaired) electrons. The van der Waals surface area contributed by atoms with E-state index < -0.39 is 7.37 Å². The Bertz CT molecular complexity index is 234. The van der Waals surface area contributed by atoms with Crippen LogP contribution in [0.3, 0.4) is 0 Å². The van der Waals surface area contributed by atoms with Gasteiger partial charge >= 0.3 is 0 Å². The Morgan fingerprint density at radius 1 is 1.29 bits per heavy atom. The Morgan fingerprint density at radius 3 is 2.14 bits per heavy atom. The summed E-state index contributed by atoms with van der Waals surface area (Å²) in [5.41, 5.74) is 0.164. The third-order valence-corrected chi connectivity index (χ3v) is 2.44. The molecule has 0 bridgehead atoms. The third-order valence-electron chi connectivity index (χ3n) is 1.69. The van der Waals surface area contributed by atoms with Crippen molar-refractivity contribution in [1.82, 2.24) is 0 Å². The summed E-state index contributed by atoms with van der Waals surface area (Å²) in [6, 6.07) is 0. The van der Waals surface area contributed by atoms with Gasteiger partial charge in [0.15, 0.2) is 13.2 Å². The predicted molar refractivity (Wildman–Crippen MR) is 59.1 cm³/mol. The number of Topliss-reactive ketones (excluding diaryl/α,β-unsaturated/α-hetero) is 1. The Labute approximate surface area is 86.7 Å². The molecule has 14 heavy (non-hydrogen) atoms. The summed E-state index contributed by atoms with van der Waals surface area (Å²) >= 11 is 0. The summed E-state index contributed by atoms with van der Waals surface area (Å²) in [5.74, 6) is 0.0313. The van der Waals surface area contributed by atoms with E-state index in [9.17, 15) is 9.36 Å². The Balaban J connectivity index is 3.73. The van der Waals surface area contributed by atoms with Crippen LogP contribution in [0.2, 0.25) is 0 Å². The first kappa shape index (κ1) is 13.9. The molecule has 0 atom stereocenters. The second-order valence-corrected chi connectivity index (χ2v) is 7.89. The van der Waals surface area contributed by atoms with Crippen LogP contribution >= 0.6 is 7.37 Å². The molecule has 0 rings (SSSR count). The molecule has 3 nitrogen and oxygen atoms in total. The zero-order valence-electron chi connectivity index (χ0n) is 9.79. The first-order valence-electron chi connectivity index (χ1n) is 4.81. The van der Waals surface area contributed by atoms with Crippen LogP contribution < -0.4 is 0 Å². The first-order chi connectivity index (χ1) is 6.10. The van der Waals surface area contributed by atoms with Crippen molar-refractivity contribution in [3.05, 3.63) is 0 Å². The third kappa shape index (κ3) is 9.94. The Morgan fingerprint density at radius 2 is 1.79 bits per heavy atom. The van der Waals surface area contributed by atoms with E-state index in [1.807, 2.05) is 0 Å². The van der Waals surface area contributed by atoms with Gasteiger partial charge in [0.05, 0.1) is 0 Å². The smallest absolute Gasteiger partial charge is 0.197 e. The normalized spacial score (nSPS) is 12.9. The lowest BCUT2D eigenvalue weighted by Gasteiger charge is -2.17. The van der Waals surface area contributed by atoms with Gasteiger partial charge in [0, 0.05) is 19.8 Å². The summed E-state index contributed by atoms with van der Waals surface area (Å²) in [6.07, 6.45) is 1.34. The molecular formula is C10H21O3P. The van der Waals surface area contributed by atoms with Gasteiger partial charge in [-0.3, -0.25) is 9.36 Å². The zero-order chi connectivity index (χ0) is 11.4. The molecule has 0 aliphatic carbocycles. The molecule has 0 aromatic heterocycles. The molecule has 0 aromatic carbocycles. The van der Waals surface area contributed by atoms with Crippen molar-refractivity contribution in [3.63, 3.8) is 0 Å². The van der Waals surface area contributed by atoms with Crippen LogP contribution in [-0.2, 0) is 13.9 Å². The molecule has 84 valence electrons. The highest BCUT2D eigenvalue weighted by atomic mass is 31.2. The molecule has 0 heterocycles. The lowest BCUT2D eigenvalue weighted by molar-refractivity contribution is -0.121. The highest BCUT2D eigenvalue weighted by molar-refractivity contribution is 7.57. The minimum Gasteiger partial charge on any atom is -0.321 e. The first-order valence-corrected chi connectivity index (χ1v) is 7.33. The molecular weight excluding hydrogens is 199 g/mol. The highest BCUT2D eigenvalue weighted by Crippen LogP contribution is 2.37. The fourth-order valence-corrected chi connectivity index (χ4v) is 1.27. The minimum atomic E-state index is -2.50. The second kappa shape index (κ2) is 5.09. The van der Waals surface area contributed by atoms with Gasteiger partial charge in [-0.2, -0.15) is 0 Å². The molecule has 0 N–H and O–H groups in total. The number of hydrogen-bond acceptors (Lipinski definition) is 3. The predicted octanol–water partition coefficient (Wildman–Crippen LogP) is 2.94. The van der Waals surface area contributed by atoms with Gasteiger partial charge in [-0.15, -0.1) is 0 Å². The maximum atomic E-state index is 11.3. The summed E-state index contributed by atoms with van der Waals surface area (Å²) in [5, 5.41) is 0. The van der Waals surface area contributed by atoms with Gasteiger partial charge in [-0.05, 0) is 11.8 Å². The van der Waals surface area contributed by atoms with Gasteiger partial charge < -0.3 is 4.52 Å². The van der Waals surface area contributed by atoms with E-state index in [2.05, 4.69) is 20.8 Å². The summed E-state index contributed by atoms with van der Waals surface area (Å²) < 4.78 is 16.1. The number of carbonyl (C=O) groups excluding carboxylic acids is 1. The standard InChI is InChI=1S/C10H21O3P/c1-10(2,3)7-6-9(11)8-13-14(4,5)12/h6-8H2,1-5H3. The van der Waals surface area contributed by atoms with Crippen molar-refractivity contribution < 1.29 is 13.9 Å². The van der Waals surface area contributed by atoms with Crippen LogP contribution in [0.15, 0.2) is 0 Å². The summed E-state index contributed by atoms with van der Waals surface area (Å²) in [6.45, 7) is 9.29. The molecule has 0 aromatic rings. The summed E-state index contributed by atoms with van der Waals surface area (Å²) in [4.78, 5) is 11.3. The van der Waals surface area contributed by atoms with Crippen molar-refractivity contribution in [2.24, 2.45) is 5.41 Å². The fourth-order valence-electron chi connectivity index (χ4n) is 0.814. The van der Waals surface area contributed by atoms with Crippen molar-refractivity contribution >= 4 is 13.2 Å². The van der Waals surface area contributed by atoms with Crippen molar-refractivity contribution in [1.29, 1.82) is 0 Å². The van der Waals surface area contributed by atoms with Crippen LogP contribution in [0.1, 0.15) is 33.6 Å². The van der Waals surface area contributed by atoms with Crippen molar-refractivity contribution in [2.75, 3.05) is 19.9 Å². The van der Waals surface area contributed by atoms with E-state index in [0.717, 1.165) is 6.42 Å². The van der Waals surface area contributed by atoms with Gasteiger partial charge in [-0.25, -0.2) is 0 Å². The monoisotopic (exact) mass is 220 g/mol. The lowest BCUT2D eigenvalue weighted by Crippen LogP contribution is -2.12. The van der Waals surface area contributed by atoms with Crippen LogP contribution in [0.25, 0.3) is 0 Å². The second-order valence-electron chi connectivity index (χ2n) is 5.12.